The molecule has 20 heavy (non-hydrogen) atoms. The van der Waals surface area contributed by atoms with Crippen LogP contribution < -0.4 is 9.64 Å². The van der Waals surface area contributed by atoms with E-state index in [1.807, 2.05) is 18.3 Å². The van der Waals surface area contributed by atoms with Gasteiger partial charge in [0.1, 0.15) is 0 Å². The van der Waals surface area contributed by atoms with Crippen molar-refractivity contribution in [3.05, 3.63) is 18.3 Å². The van der Waals surface area contributed by atoms with E-state index in [1.165, 1.54) is 0 Å². The first kappa shape index (κ1) is 13.6. The Labute approximate surface area is 119 Å². The summed E-state index contributed by atoms with van der Waals surface area (Å²) in [5.74, 6) is 1.32. The molecule has 0 N–H and O–H groups in total. The van der Waals surface area contributed by atoms with Crippen LogP contribution in [-0.4, -0.2) is 43.7 Å². The number of aromatic nitrogens is 1. The standard InChI is InChI=1S/C15H22N2O3/c1-2-9-18-13-5-3-7-16-14(13)17-8-4-6-15(12-17)19-10-11-20-15/h3,5,7H,2,4,6,8-12H2,1H3. The van der Waals surface area contributed by atoms with Crippen LogP contribution in [0.3, 0.4) is 0 Å². The van der Waals surface area contributed by atoms with Crippen molar-refractivity contribution < 1.29 is 14.2 Å². The first-order valence-corrected chi connectivity index (χ1v) is 7.44. The zero-order valence-electron chi connectivity index (χ0n) is 12.0. The summed E-state index contributed by atoms with van der Waals surface area (Å²) in [6.45, 7) is 5.89. The molecule has 2 aliphatic heterocycles. The average Bonchev–Trinajstić information content (AvgIpc) is 2.93. The van der Waals surface area contributed by atoms with Crippen molar-refractivity contribution in [2.24, 2.45) is 0 Å². The highest BCUT2D eigenvalue weighted by molar-refractivity contribution is 5.52. The molecule has 3 heterocycles. The summed E-state index contributed by atoms with van der Waals surface area (Å²) in [5.41, 5.74) is 0. The summed E-state index contributed by atoms with van der Waals surface area (Å²) in [4.78, 5) is 6.72. The van der Waals surface area contributed by atoms with Gasteiger partial charge in [0.05, 0.1) is 26.4 Å². The van der Waals surface area contributed by atoms with Crippen LogP contribution in [0.1, 0.15) is 26.2 Å². The predicted molar refractivity (Wildman–Crippen MR) is 76.1 cm³/mol. The maximum absolute atomic E-state index is 5.82. The SMILES string of the molecule is CCCOc1cccnc1N1CCCC2(C1)OCCO2. The van der Waals surface area contributed by atoms with E-state index in [9.17, 15) is 0 Å². The van der Waals surface area contributed by atoms with Gasteiger partial charge < -0.3 is 19.1 Å². The molecule has 2 aliphatic rings. The second-order valence-electron chi connectivity index (χ2n) is 5.31. The van der Waals surface area contributed by atoms with Crippen LogP contribution in [0.15, 0.2) is 18.3 Å². The second-order valence-corrected chi connectivity index (χ2v) is 5.31. The highest BCUT2D eigenvalue weighted by Crippen LogP contribution is 2.35. The van der Waals surface area contributed by atoms with E-state index in [0.717, 1.165) is 43.9 Å². The molecule has 5 heteroatoms. The van der Waals surface area contributed by atoms with Crippen LogP contribution in [0.5, 0.6) is 5.75 Å². The molecule has 1 aromatic heterocycles. The van der Waals surface area contributed by atoms with Gasteiger partial charge in [0.15, 0.2) is 17.4 Å². The fourth-order valence-electron chi connectivity index (χ4n) is 2.85. The van der Waals surface area contributed by atoms with Crippen molar-refractivity contribution in [3.8, 4) is 5.75 Å². The molecular formula is C15H22N2O3. The van der Waals surface area contributed by atoms with Gasteiger partial charge >= 0.3 is 0 Å². The van der Waals surface area contributed by atoms with Crippen LogP contribution in [0.2, 0.25) is 0 Å². The smallest absolute Gasteiger partial charge is 0.186 e. The molecule has 0 aliphatic carbocycles. The Morgan fingerprint density at radius 1 is 1.40 bits per heavy atom. The van der Waals surface area contributed by atoms with Crippen molar-refractivity contribution in [1.82, 2.24) is 4.98 Å². The second kappa shape index (κ2) is 5.97. The lowest BCUT2D eigenvalue weighted by Gasteiger charge is -2.39. The normalized spacial score (nSPS) is 21.4. The summed E-state index contributed by atoms with van der Waals surface area (Å²) in [6.07, 6.45) is 4.81. The van der Waals surface area contributed by atoms with Gasteiger partial charge in [-0.15, -0.1) is 0 Å². The molecule has 0 bridgehead atoms. The lowest BCUT2D eigenvalue weighted by atomic mass is 10.0. The number of pyridine rings is 1. The van der Waals surface area contributed by atoms with E-state index < -0.39 is 5.79 Å². The van der Waals surface area contributed by atoms with E-state index >= 15 is 0 Å². The molecule has 0 saturated carbocycles. The predicted octanol–water partition coefficient (Wildman–Crippen LogP) is 2.21. The number of hydrogen-bond donors (Lipinski definition) is 0. The van der Waals surface area contributed by atoms with Gasteiger partial charge in [-0.3, -0.25) is 0 Å². The number of nitrogens with zero attached hydrogens (tertiary/aromatic N) is 2. The average molecular weight is 278 g/mol. The van der Waals surface area contributed by atoms with Gasteiger partial charge in [0.25, 0.3) is 0 Å². The Balaban J connectivity index is 1.77. The van der Waals surface area contributed by atoms with E-state index in [1.54, 1.807) is 0 Å². The van der Waals surface area contributed by atoms with Crippen molar-refractivity contribution >= 4 is 5.82 Å². The molecule has 2 fully saturated rings. The molecule has 5 nitrogen and oxygen atoms in total. The van der Waals surface area contributed by atoms with E-state index in [4.69, 9.17) is 14.2 Å². The summed E-state index contributed by atoms with van der Waals surface area (Å²) >= 11 is 0. The molecule has 2 saturated heterocycles. The van der Waals surface area contributed by atoms with Gasteiger partial charge in [0.2, 0.25) is 0 Å². The lowest BCUT2D eigenvalue weighted by molar-refractivity contribution is -0.161. The Morgan fingerprint density at radius 3 is 3.05 bits per heavy atom. The van der Waals surface area contributed by atoms with Crippen LogP contribution >= 0.6 is 0 Å². The molecule has 1 spiro atoms. The van der Waals surface area contributed by atoms with Gasteiger partial charge in [-0.1, -0.05) is 6.92 Å². The Bertz CT molecular complexity index is 446. The van der Waals surface area contributed by atoms with Crippen molar-refractivity contribution in [1.29, 1.82) is 0 Å². The third kappa shape index (κ3) is 2.74. The number of ether oxygens (including phenoxy) is 3. The topological polar surface area (TPSA) is 43.8 Å². The first-order valence-electron chi connectivity index (χ1n) is 7.44. The van der Waals surface area contributed by atoms with E-state index in [0.29, 0.717) is 19.8 Å². The van der Waals surface area contributed by atoms with Crippen molar-refractivity contribution in [2.75, 3.05) is 37.8 Å². The Morgan fingerprint density at radius 2 is 2.25 bits per heavy atom. The van der Waals surface area contributed by atoms with Crippen LogP contribution in [0.4, 0.5) is 5.82 Å². The fraction of sp³-hybridized carbons (Fsp3) is 0.667. The molecule has 1 aromatic rings. The van der Waals surface area contributed by atoms with Crippen LogP contribution in [0.25, 0.3) is 0 Å². The zero-order chi connectivity index (χ0) is 13.8. The minimum atomic E-state index is -0.433. The summed E-state index contributed by atoms with van der Waals surface area (Å²) in [5, 5.41) is 0. The van der Waals surface area contributed by atoms with E-state index in [2.05, 4.69) is 16.8 Å². The molecule has 0 amide bonds. The highest BCUT2D eigenvalue weighted by Gasteiger charge is 2.41. The molecule has 0 aromatic carbocycles. The number of hydrogen-bond acceptors (Lipinski definition) is 5. The number of rotatable bonds is 4. The van der Waals surface area contributed by atoms with Crippen molar-refractivity contribution in [2.45, 2.75) is 32.0 Å². The summed E-state index contributed by atoms with van der Waals surface area (Å²) < 4.78 is 17.4. The Hall–Kier alpha value is -1.33. The molecular weight excluding hydrogens is 256 g/mol. The maximum atomic E-state index is 5.82. The third-order valence-electron chi connectivity index (χ3n) is 3.74. The number of anilines is 1. The van der Waals surface area contributed by atoms with Crippen molar-refractivity contribution in [3.63, 3.8) is 0 Å². The van der Waals surface area contributed by atoms with E-state index in [-0.39, 0.29) is 0 Å². The minimum absolute atomic E-state index is 0.433. The molecule has 0 radical (unpaired) electrons. The van der Waals surface area contributed by atoms with Crippen LogP contribution in [0, 0.1) is 0 Å². The maximum Gasteiger partial charge on any atom is 0.186 e. The number of piperidine rings is 1. The molecule has 0 atom stereocenters. The summed E-state index contributed by atoms with van der Waals surface area (Å²) in [6, 6.07) is 3.90. The molecule has 3 rings (SSSR count). The molecule has 110 valence electrons. The minimum Gasteiger partial charge on any atom is -0.490 e. The first-order chi connectivity index (χ1) is 9.83. The van der Waals surface area contributed by atoms with Gasteiger partial charge in [-0.05, 0) is 25.0 Å². The van der Waals surface area contributed by atoms with Gasteiger partial charge in [-0.2, -0.15) is 0 Å². The summed E-state index contributed by atoms with van der Waals surface area (Å²) in [7, 11) is 0. The highest BCUT2D eigenvalue weighted by atomic mass is 16.7. The van der Waals surface area contributed by atoms with Crippen LogP contribution in [-0.2, 0) is 9.47 Å². The fourth-order valence-corrected chi connectivity index (χ4v) is 2.85. The lowest BCUT2D eigenvalue weighted by Crippen LogP contribution is -2.49. The third-order valence-corrected chi connectivity index (χ3v) is 3.74. The quantitative estimate of drug-likeness (QED) is 0.845. The van der Waals surface area contributed by atoms with Gasteiger partial charge in [-0.25, -0.2) is 4.98 Å². The van der Waals surface area contributed by atoms with Gasteiger partial charge in [0, 0.05) is 19.2 Å². The Kier molecular flexibility index (Phi) is 4.08. The largest absolute Gasteiger partial charge is 0.490 e. The molecule has 0 unspecified atom stereocenters. The monoisotopic (exact) mass is 278 g/mol. The zero-order valence-corrected chi connectivity index (χ0v) is 12.0.